The van der Waals surface area contributed by atoms with Gasteiger partial charge in [0.15, 0.2) is 0 Å². The van der Waals surface area contributed by atoms with Crippen LogP contribution in [0.2, 0.25) is 0 Å². The van der Waals surface area contributed by atoms with Gasteiger partial charge in [-0.15, -0.1) is 11.6 Å². The largest absolute Gasteiger partial charge is 0.280 e. The lowest BCUT2D eigenvalue weighted by atomic mass is 10.1. The van der Waals surface area contributed by atoms with E-state index in [4.69, 9.17) is 16.9 Å². The standard InChI is InChI=1S/C8H5ClF2N2/c9-2-6-1-5(3-12)4-13-7(6)8(10)11/h1,4,8H,2H2. The van der Waals surface area contributed by atoms with Crippen LogP contribution in [0.5, 0.6) is 0 Å². The second-order valence-electron chi connectivity index (χ2n) is 2.31. The van der Waals surface area contributed by atoms with Gasteiger partial charge in [0.05, 0.1) is 5.56 Å². The molecule has 1 aromatic heterocycles. The highest BCUT2D eigenvalue weighted by Crippen LogP contribution is 2.22. The summed E-state index contributed by atoms with van der Waals surface area (Å²) < 4.78 is 24.5. The van der Waals surface area contributed by atoms with Crippen molar-refractivity contribution in [3.63, 3.8) is 0 Å². The summed E-state index contributed by atoms with van der Waals surface area (Å²) in [4.78, 5) is 3.46. The molecule has 1 rings (SSSR count). The Kier molecular flexibility index (Phi) is 3.15. The Morgan fingerprint density at radius 1 is 1.62 bits per heavy atom. The lowest BCUT2D eigenvalue weighted by Gasteiger charge is -2.04. The fourth-order valence-corrected chi connectivity index (χ4v) is 1.10. The molecule has 0 unspecified atom stereocenters. The fraction of sp³-hybridized carbons (Fsp3) is 0.250. The average Bonchev–Trinajstić information content (AvgIpc) is 2.16. The lowest BCUT2D eigenvalue weighted by molar-refractivity contribution is 0.145. The molecule has 0 atom stereocenters. The monoisotopic (exact) mass is 202 g/mol. The van der Waals surface area contributed by atoms with Crippen LogP contribution in [0.25, 0.3) is 0 Å². The third kappa shape index (κ3) is 2.13. The van der Waals surface area contributed by atoms with Crippen LogP contribution in [0, 0.1) is 11.3 Å². The molecule has 0 N–H and O–H groups in total. The van der Waals surface area contributed by atoms with Crippen molar-refractivity contribution in [2.45, 2.75) is 12.3 Å². The first-order chi connectivity index (χ1) is 6.19. The molecule has 0 aliphatic heterocycles. The molecule has 5 heteroatoms. The number of aromatic nitrogens is 1. The predicted octanol–water partition coefficient (Wildman–Crippen LogP) is 2.63. The first kappa shape index (κ1) is 9.87. The third-order valence-electron chi connectivity index (χ3n) is 1.48. The van der Waals surface area contributed by atoms with Gasteiger partial charge in [-0.2, -0.15) is 5.26 Å². The van der Waals surface area contributed by atoms with E-state index < -0.39 is 6.43 Å². The number of alkyl halides is 3. The smallest absolute Gasteiger partial charge is 0.254 e. The zero-order valence-electron chi connectivity index (χ0n) is 6.47. The predicted molar refractivity (Wildman–Crippen MR) is 43.5 cm³/mol. The van der Waals surface area contributed by atoms with Crippen LogP contribution >= 0.6 is 11.6 Å². The summed E-state index contributed by atoms with van der Waals surface area (Å²) in [6.07, 6.45) is -1.54. The van der Waals surface area contributed by atoms with Crippen molar-refractivity contribution in [1.82, 2.24) is 4.98 Å². The fourth-order valence-electron chi connectivity index (χ4n) is 0.886. The maximum absolute atomic E-state index is 12.2. The molecular weight excluding hydrogens is 198 g/mol. The Hall–Kier alpha value is -1.21. The van der Waals surface area contributed by atoms with Gasteiger partial charge < -0.3 is 0 Å². The summed E-state index contributed by atoms with van der Waals surface area (Å²) in [5.41, 5.74) is 0.0877. The molecule has 0 bridgehead atoms. The first-order valence-corrected chi connectivity index (χ1v) is 3.95. The molecule has 0 fully saturated rings. The molecule has 0 aliphatic rings. The first-order valence-electron chi connectivity index (χ1n) is 3.42. The van der Waals surface area contributed by atoms with E-state index in [-0.39, 0.29) is 22.7 Å². The Morgan fingerprint density at radius 2 is 2.31 bits per heavy atom. The van der Waals surface area contributed by atoms with Crippen LogP contribution in [0.1, 0.15) is 23.2 Å². The Morgan fingerprint density at radius 3 is 2.77 bits per heavy atom. The minimum atomic E-state index is -2.65. The highest BCUT2D eigenvalue weighted by Gasteiger charge is 2.14. The van der Waals surface area contributed by atoms with E-state index in [2.05, 4.69) is 4.98 Å². The molecule has 0 saturated heterocycles. The second kappa shape index (κ2) is 4.15. The molecule has 13 heavy (non-hydrogen) atoms. The van der Waals surface area contributed by atoms with Crippen LogP contribution in [0.4, 0.5) is 8.78 Å². The van der Waals surface area contributed by atoms with Gasteiger partial charge in [0.25, 0.3) is 6.43 Å². The van der Waals surface area contributed by atoms with Crippen molar-refractivity contribution in [2.75, 3.05) is 0 Å². The van der Waals surface area contributed by atoms with E-state index >= 15 is 0 Å². The van der Waals surface area contributed by atoms with E-state index in [1.165, 1.54) is 6.07 Å². The van der Waals surface area contributed by atoms with Gasteiger partial charge in [0, 0.05) is 12.1 Å². The van der Waals surface area contributed by atoms with E-state index in [1.54, 1.807) is 6.07 Å². The maximum atomic E-state index is 12.2. The van der Waals surface area contributed by atoms with E-state index in [9.17, 15) is 8.78 Å². The number of nitriles is 1. The Labute approximate surface area is 78.8 Å². The number of pyridine rings is 1. The summed E-state index contributed by atoms with van der Waals surface area (Å²) in [5, 5.41) is 8.47. The van der Waals surface area contributed by atoms with E-state index in [0.29, 0.717) is 0 Å². The summed E-state index contributed by atoms with van der Waals surface area (Å²) in [5.74, 6) is -0.0673. The van der Waals surface area contributed by atoms with Crippen LogP contribution < -0.4 is 0 Å². The topological polar surface area (TPSA) is 36.7 Å². The summed E-state index contributed by atoms with van der Waals surface area (Å²) >= 11 is 5.42. The molecule has 2 nitrogen and oxygen atoms in total. The minimum absolute atomic E-state index is 0.0673. The van der Waals surface area contributed by atoms with Gasteiger partial charge in [-0.05, 0) is 11.6 Å². The highest BCUT2D eigenvalue weighted by molar-refractivity contribution is 6.17. The second-order valence-corrected chi connectivity index (χ2v) is 2.58. The quantitative estimate of drug-likeness (QED) is 0.692. The number of rotatable bonds is 2. The zero-order chi connectivity index (χ0) is 9.84. The normalized spacial score (nSPS) is 10.1. The van der Waals surface area contributed by atoms with E-state index in [1.807, 2.05) is 0 Å². The van der Waals surface area contributed by atoms with Crippen LogP contribution in [0.15, 0.2) is 12.3 Å². The van der Waals surface area contributed by atoms with Crippen molar-refractivity contribution in [3.05, 3.63) is 29.1 Å². The van der Waals surface area contributed by atoms with Gasteiger partial charge in [-0.3, -0.25) is 4.98 Å². The van der Waals surface area contributed by atoms with Gasteiger partial charge in [-0.25, -0.2) is 8.78 Å². The number of hydrogen-bond acceptors (Lipinski definition) is 2. The molecule has 0 saturated carbocycles. The van der Waals surface area contributed by atoms with Crippen LogP contribution in [-0.4, -0.2) is 4.98 Å². The van der Waals surface area contributed by atoms with Crippen molar-refractivity contribution < 1.29 is 8.78 Å². The SMILES string of the molecule is N#Cc1cnc(C(F)F)c(CCl)c1. The Bertz CT molecular complexity index is 346. The molecule has 1 aromatic rings. The van der Waals surface area contributed by atoms with Gasteiger partial charge >= 0.3 is 0 Å². The highest BCUT2D eigenvalue weighted by atomic mass is 35.5. The zero-order valence-corrected chi connectivity index (χ0v) is 7.22. The van der Waals surface area contributed by atoms with Gasteiger partial charge in [-0.1, -0.05) is 0 Å². The lowest BCUT2D eigenvalue weighted by Crippen LogP contribution is -1.97. The molecule has 1 heterocycles. The minimum Gasteiger partial charge on any atom is -0.254 e. The molecule has 0 spiro atoms. The molecule has 68 valence electrons. The van der Waals surface area contributed by atoms with Crippen molar-refractivity contribution in [3.8, 4) is 6.07 Å². The van der Waals surface area contributed by atoms with Crippen LogP contribution in [0.3, 0.4) is 0 Å². The van der Waals surface area contributed by atoms with Crippen molar-refractivity contribution in [1.29, 1.82) is 5.26 Å². The molecular formula is C8H5ClF2N2. The number of halogens is 3. The molecule has 0 aliphatic carbocycles. The summed E-state index contributed by atoms with van der Waals surface area (Å²) in [6.45, 7) is 0. The molecule has 0 amide bonds. The summed E-state index contributed by atoms with van der Waals surface area (Å²) in [7, 11) is 0. The maximum Gasteiger partial charge on any atom is 0.280 e. The number of nitrogens with zero attached hydrogens (tertiary/aromatic N) is 2. The van der Waals surface area contributed by atoms with Crippen molar-refractivity contribution in [2.24, 2.45) is 0 Å². The summed E-state index contributed by atoms with van der Waals surface area (Å²) in [6, 6.07) is 3.12. The Balaban J connectivity index is 3.17. The van der Waals surface area contributed by atoms with Gasteiger partial charge in [0.2, 0.25) is 0 Å². The molecule has 0 aromatic carbocycles. The van der Waals surface area contributed by atoms with Crippen molar-refractivity contribution >= 4 is 11.6 Å². The molecule has 0 radical (unpaired) electrons. The third-order valence-corrected chi connectivity index (χ3v) is 1.77. The van der Waals surface area contributed by atoms with Crippen LogP contribution in [-0.2, 0) is 5.88 Å². The van der Waals surface area contributed by atoms with Gasteiger partial charge in [0.1, 0.15) is 11.8 Å². The van der Waals surface area contributed by atoms with E-state index in [0.717, 1.165) is 6.20 Å². The number of hydrogen-bond donors (Lipinski definition) is 0. The average molecular weight is 203 g/mol.